The van der Waals surface area contributed by atoms with Gasteiger partial charge in [-0.3, -0.25) is 15.0 Å². The molecule has 2 amide bonds. The average molecular weight is 388 g/mol. The molecule has 0 atom stereocenters. The number of amides is 2. The molecule has 0 aliphatic carbocycles. The van der Waals surface area contributed by atoms with E-state index in [1.807, 2.05) is 6.07 Å². The van der Waals surface area contributed by atoms with E-state index in [0.29, 0.717) is 28.3 Å². The Kier molecular flexibility index (Phi) is 4.70. The summed E-state index contributed by atoms with van der Waals surface area (Å²) in [6.07, 6.45) is 1.40. The Labute approximate surface area is 166 Å². The van der Waals surface area contributed by atoms with Crippen molar-refractivity contribution in [3.8, 4) is 11.3 Å². The standard InChI is InChI=1S/C22H16N2O5/c1-28-22(27)15-7-5-6-14(12-15)19-11-10-17(29-19)13-18-20(25)23-24(21(18)26)16-8-3-2-4-9-16/h2-13H,1H3,(H,23,25)/b18-13+. The second-order valence-corrected chi connectivity index (χ2v) is 6.25. The summed E-state index contributed by atoms with van der Waals surface area (Å²) in [7, 11) is 1.31. The smallest absolute Gasteiger partial charge is 0.337 e. The van der Waals surface area contributed by atoms with Crippen LogP contribution in [-0.2, 0) is 14.3 Å². The molecule has 1 aromatic heterocycles. The second-order valence-electron chi connectivity index (χ2n) is 6.25. The molecule has 1 aliphatic rings. The van der Waals surface area contributed by atoms with Gasteiger partial charge in [-0.15, -0.1) is 0 Å². The predicted octanol–water partition coefficient (Wildman–Crippen LogP) is 3.19. The van der Waals surface area contributed by atoms with Crippen molar-refractivity contribution in [3.05, 3.63) is 83.6 Å². The fourth-order valence-corrected chi connectivity index (χ4v) is 2.96. The summed E-state index contributed by atoms with van der Waals surface area (Å²) < 4.78 is 10.5. The Morgan fingerprint density at radius 1 is 1.03 bits per heavy atom. The van der Waals surface area contributed by atoms with Gasteiger partial charge in [-0.05, 0) is 42.5 Å². The molecule has 4 rings (SSSR count). The number of nitrogens with zero attached hydrogens (tertiary/aromatic N) is 1. The minimum atomic E-state index is -0.510. The largest absolute Gasteiger partial charge is 0.465 e. The highest BCUT2D eigenvalue weighted by atomic mass is 16.5. The molecule has 1 aliphatic heterocycles. The maximum Gasteiger partial charge on any atom is 0.337 e. The molecule has 3 aromatic rings. The summed E-state index contributed by atoms with van der Waals surface area (Å²) in [5.74, 6) is -0.587. The van der Waals surface area contributed by atoms with E-state index in [0.717, 1.165) is 0 Å². The van der Waals surface area contributed by atoms with E-state index in [4.69, 9.17) is 9.15 Å². The average Bonchev–Trinajstić information content (AvgIpc) is 3.34. The Morgan fingerprint density at radius 3 is 2.59 bits per heavy atom. The molecule has 0 unspecified atom stereocenters. The van der Waals surface area contributed by atoms with Crippen LogP contribution in [0.25, 0.3) is 17.4 Å². The molecule has 0 radical (unpaired) electrons. The number of hydrazine groups is 1. The first-order valence-corrected chi connectivity index (χ1v) is 8.77. The van der Waals surface area contributed by atoms with Gasteiger partial charge in [0.05, 0.1) is 18.4 Å². The molecule has 7 heteroatoms. The van der Waals surface area contributed by atoms with Crippen LogP contribution >= 0.6 is 0 Å². The van der Waals surface area contributed by atoms with Crippen LogP contribution in [0.5, 0.6) is 0 Å². The van der Waals surface area contributed by atoms with E-state index in [-0.39, 0.29) is 5.57 Å². The molecule has 0 spiro atoms. The lowest BCUT2D eigenvalue weighted by Crippen LogP contribution is -2.35. The van der Waals surface area contributed by atoms with Crippen LogP contribution < -0.4 is 10.4 Å². The van der Waals surface area contributed by atoms with Gasteiger partial charge in [0.15, 0.2) is 0 Å². The molecule has 1 N–H and O–H groups in total. The number of rotatable bonds is 4. The van der Waals surface area contributed by atoms with Crippen LogP contribution in [0.2, 0.25) is 0 Å². The number of methoxy groups -OCH3 is 1. The van der Waals surface area contributed by atoms with Crippen molar-refractivity contribution < 1.29 is 23.5 Å². The van der Waals surface area contributed by atoms with Crippen LogP contribution in [0, 0.1) is 0 Å². The monoisotopic (exact) mass is 388 g/mol. The zero-order valence-electron chi connectivity index (χ0n) is 15.4. The number of furan rings is 1. The number of esters is 1. The van der Waals surface area contributed by atoms with Gasteiger partial charge in [0.2, 0.25) is 0 Å². The lowest BCUT2D eigenvalue weighted by molar-refractivity contribution is -0.117. The fraction of sp³-hybridized carbons (Fsp3) is 0.0455. The molecular formula is C22H16N2O5. The highest BCUT2D eigenvalue weighted by molar-refractivity contribution is 6.31. The third-order valence-corrected chi connectivity index (χ3v) is 4.39. The van der Waals surface area contributed by atoms with Crippen molar-refractivity contribution in [2.45, 2.75) is 0 Å². The van der Waals surface area contributed by atoms with Crippen LogP contribution in [0.1, 0.15) is 16.1 Å². The Morgan fingerprint density at radius 2 is 1.83 bits per heavy atom. The van der Waals surface area contributed by atoms with Gasteiger partial charge in [0, 0.05) is 5.56 Å². The van der Waals surface area contributed by atoms with Crippen molar-refractivity contribution in [1.82, 2.24) is 5.43 Å². The summed E-state index contributed by atoms with van der Waals surface area (Å²) in [6, 6.07) is 19.0. The van der Waals surface area contributed by atoms with Crippen LogP contribution in [0.4, 0.5) is 5.69 Å². The Bertz CT molecular complexity index is 1130. The normalized spacial score (nSPS) is 14.9. The van der Waals surface area contributed by atoms with Crippen LogP contribution in [0.15, 0.2) is 76.7 Å². The third kappa shape index (κ3) is 3.53. The predicted molar refractivity (Wildman–Crippen MR) is 106 cm³/mol. The molecule has 144 valence electrons. The quantitative estimate of drug-likeness (QED) is 0.421. The molecule has 1 saturated heterocycles. The third-order valence-electron chi connectivity index (χ3n) is 4.39. The summed E-state index contributed by atoms with van der Waals surface area (Å²) in [5.41, 5.74) is 4.14. The molecule has 7 nitrogen and oxygen atoms in total. The lowest BCUT2D eigenvalue weighted by Gasteiger charge is -2.13. The molecule has 2 aromatic carbocycles. The summed E-state index contributed by atoms with van der Waals surface area (Å²) in [4.78, 5) is 36.6. The van der Waals surface area contributed by atoms with Gasteiger partial charge in [-0.25, -0.2) is 9.80 Å². The molecular weight excluding hydrogens is 372 g/mol. The zero-order chi connectivity index (χ0) is 20.4. The molecule has 2 heterocycles. The zero-order valence-corrected chi connectivity index (χ0v) is 15.4. The minimum Gasteiger partial charge on any atom is -0.465 e. The first-order valence-electron chi connectivity index (χ1n) is 8.77. The fourth-order valence-electron chi connectivity index (χ4n) is 2.96. The number of carbonyl (C=O) groups is 3. The molecule has 29 heavy (non-hydrogen) atoms. The molecule has 0 bridgehead atoms. The van der Waals surface area contributed by atoms with E-state index >= 15 is 0 Å². The number of hydrogen-bond donors (Lipinski definition) is 1. The van der Waals surface area contributed by atoms with Crippen molar-refractivity contribution in [2.24, 2.45) is 0 Å². The first-order chi connectivity index (χ1) is 14.1. The lowest BCUT2D eigenvalue weighted by atomic mass is 10.1. The highest BCUT2D eigenvalue weighted by Crippen LogP contribution is 2.26. The van der Waals surface area contributed by atoms with Crippen molar-refractivity contribution >= 4 is 29.5 Å². The minimum absolute atomic E-state index is 0.0296. The van der Waals surface area contributed by atoms with E-state index in [9.17, 15) is 14.4 Å². The van der Waals surface area contributed by atoms with Crippen LogP contribution in [-0.4, -0.2) is 24.9 Å². The summed E-state index contributed by atoms with van der Waals surface area (Å²) in [5, 5.41) is 1.19. The number of carbonyl (C=O) groups excluding carboxylic acids is 3. The number of hydrogen-bond acceptors (Lipinski definition) is 5. The topological polar surface area (TPSA) is 88.9 Å². The van der Waals surface area contributed by atoms with Gasteiger partial charge in [0.1, 0.15) is 17.1 Å². The van der Waals surface area contributed by atoms with Gasteiger partial charge in [0.25, 0.3) is 11.8 Å². The number of ether oxygens (including phenoxy) is 1. The van der Waals surface area contributed by atoms with Gasteiger partial charge in [-0.1, -0.05) is 30.3 Å². The van der Waals surface area contributed by atoms with E-state index in [2.05, 4.69) is 5.43 Å². The van der Waals surface area contributed by atoms with Crippen molar-refractivity contribution in [3.63, 3.8) is 0 Å². The van der Waals surface area contributed by atoms with Gasteiger partial charge < -0.3 is 9.15 Å². The second kappa shape index (κ2) is 7.47. The number of anilines is 1. The number of para-hydroxylation sites is 1. The summed E-state index contributed by atoms with van der Waals surface area (Å²) in [6.45, 7) is 0. The van der Waals surface area contributed by atoms with Crippen molar-refractivity contribution in [2.75, 3.05) is 12.1 Å². The van der Waals surface area contributed by atoms with E-state index in [1.54, 1.807) is 60.7 Å². The van der Waals surface area contributed by atoms with E-state index < -0.39 is 17.8 Å². The molecule has 1 fully saturated rings. The number of benzene rings is 2. The summed E-state index contributed by atoms with van der Waals surface area (Å²) >= 11 is 0. The van der Waals surface area contributed by atoms with Gasteiger partial charge >= 0.3 is 5.97 Å². The Balaban J connectivity index is 1.60. The molecule has 0 saturated carbocycles. The van der Waals surface area contributed by atoms with Gasteiger partial charge in [-0.2, -0.15) is 0 Å². The Hall–Kier alpha value is -4.13. The maximum absolute atomic E-state index is 12.6. The SMILES string of the molecule is COC(=O)c1cccc(-c2ccc(/C=C3\C(=O)NN(c4ccccc4)C3=O)o2)c1. The van der Waals surface area contributed by atoms with Crippen molar-refractivity contribution in [1.29, 1.82) is 0 Å². The first kappa shape index (κ1) is 18.2. The highest BCUT2D eigenvalue weighted by Gasteiger charge is 2.34. The van der Waals surface area contributed by atoms with E-state index in [1.165, 1.54) is 18.2 Å². The van der Waals surface area contributed by atoms with Crippen LogP contribution in [0.3, 0.4) is 0 Å². The number of nitrogens with one attached hydrogen (secondary N) is 1. The maximum atomic E-state index is 12.6.